The molecule has 2 rings (SSSR count). The third-order valence-corrected chi connectivity index (χ3v) is 4.73. The van der Waals surface area contributed by atoms with Gasteiger partial charge in [0.25, 0.3) is 0 Å². The Morgan fingerprint density at radius 3 is 2.71 bits per heavy atom. The smallest absolute Gasteiger partial charge is 0.119 e. The van der Waals surface area contributed by atoms with Gasteiger partial charge in [-0.25, -0.2) is 0 Å². The molecule has 2 aromatic carbocycles. The van der Waals surface area contributed by atoms with Gasteiger partial charge in [-0.05, 0) is 49.4 Å². The van der Waals surface area contributed by atoms with Gasteiger partial charge in [-0.15, -0.1) is 0 Å². The molecule has 1 unspecified atom stereocenters. The van der Waals surface area contributed by atoms with Crippen molar-refractivity contribution in [3.05, 3.63) is 53.1 Å². The van der Waals surface area contributed by atoms with Crippen LogP contribution in [0.4, 0.5) is 0 Å². The molecule has 1 atom stereocenters. The Bertz CT molecular complexity index is 603. The summed E-state index contributed by atoms with van der Waals surface area (Å²) in [5.74, 6) is 0.855. The molecular weight excluding hydrogens is 302 g/mol. The van der Waals surface area contributed by atoms with Gasteiger partial charge in [0.1, 0.15) is 5.75 Å². The number of methoxy groups -OCH3 is 1. The lowest BCUT2D eigenvalue weighted by Gasteiger charge is -2.14. The predicted molar refractivity (Wildman–Crippen MR) is 90.7 cm³/mol. The van der Waals surface area contributed by atoms with Crippen LogP contribution in [0, 0.1) is 0 Å². The number of rotatable bonds is 6. The van der Waals surface area contributed by atoms with Crippen LogP contribution in [0.15, 0.2) is 52.3 Å². The second-order valence-electron chi connectivity index (χ2n) is 4.75. The molecule has 1 N–H and O–H groups in total. The number of hydrogen-bond acceptors (Lipinski definition) is 3. The third kappa shape index (κ3) is 4.40. The highest BCUT2D eigenvalue weighted by Gasteiger charge is 2.08. The molecule has 0 aliphatic rings. The van der Waals surface area contributed by atoms with Gasteiger partial charge in [-0.3, -0.25) is 0 Å². The van der Waals surface area contributed by atoms with Crippen LogP contribution in [0.3, 0.4) is 0 Å². The van der Waals surface area contributed by atoms with E-state index in [1.165, 1.54) is 5.56 Å². The molecule has 2 aromatic rings. The Morgan fingerprint density at radius 1 is 1.24 bits per heavy atom. The fraction of sp³-hybridized carbons (Fsp3) is 0.294. The number of benzene rings is 2. The highest BCUT2D eigenvalue weighted by atomic mass is 35.5. The molecule has 2 nitrogen and oxygen atoms in total. The summed E-state index contributed by atoms with van der Waals surface area (Å²) in [5.41, 5.74) is 1.21. The summed E-state index contributed by atoms with van der Waals surface area (Å²) in [7, 11) is 1.67. The third-order valence-electron chi connectivity index (χ3n) is 3.24. The first-order valence-electron chi connectivity index (χ1n) is 6.98. The fourth-order valence-electron chi connectivity index (χ4n) is 2.08. The molecule has 0 saturated carbocycles. The quantitative estimate of drug-likeness (QED) is 0.793. The van der Waals surface area contributed by atoms with Crippen molar-refractivity contribution in [1.29, 1.82) is 0 Å². The molecule has 0 aliphatic heterocycles. The van der Waals surface area contributed by atoms with Crippen molar-refractivity contribution < 1.29 is 4.74 Å². The predicted octanol–water partition coefficient (Wildman–Crippen LogP) is 5.17. The van der Waals surface area contributed by atoms with Crippen LogP contribution in [0.5, 0.6) is 5.75 Å². The molecule has 0 heterocycles. The van der Waals surface area contributed by atoms with Crippen LogP contribution in [0.1, 0.15) is 25.5 Å². The lowest BCUT2D eigenvalue weighted by Crippen LogP contribution is -2.17. The Labute approximate surface area is 135 Å². The summed E-state index contributed by atoms with van der Waals surface area (Å²) in [6.45, 7) is 5.19. The maximum absolute atomic E-state index is 6.42. The van der Waals surface area contributed by atoms with E-state index >= 15 is 0 Å². The SMILES string of the molecule is CCNC(C)c1ccc(Sc2cccc(OC)c2)c(Cl)c1. The summed E-state index contributed by atoms with van der Waals surface area (Å²) in [4.78, 5) is 2.17. The number of nitrogens with one attached hydrogen (secondary N) is 1. The first-order valence-corrected chi connectivity index (χ1v) is 8.18. The monoisotopic (exact) mass is 321 g/mol. The minimum absolute atomic E-state index is 0.309. The molecular formula is C17H20ClNOS. The minimum Gasteiger partial charge on any atom is -0.497 e. The van der Waals surface area contributed by atoms with E-state index in [4.69, 9.17) is 16.3 Å². The van der Waals surface area contributed by atoms with E-state index in [9.17, 15) is 0 Å². The Hall–Kier alpha value is -1.16. The first kappa shape index (κ1) is 16.2. The second-order valence-corrected chi connectivity index (χ2v) is 6.27. The van der Waals surface area contributed by atoms with Gasteiger partial charge in [0.05, 0.1) is 12.1 Å². The topological polar surface area (TPSA) is 21.3 Å². The van der Waals surface area contributed by atoms with Gasteiger partial charge in [-0.2, -0.15) is 0 Å². The zero-order valence-corrected chi connectivity index (χ0v) is 14.1. The highest BCUT2D eigenvalue weighted by Crippen LogP contribution is 2.35. The van der Waals surface area contributed by atoms with E-state index in [-0.39, 0.29) is 0 Å². The lowest BCUT2D eigenvalue weighted by molar-refractivity contribution is 0.413. The van der Waals surface area contributed by atoms with Crippen LogP contribution in [0.2, 0.25) is 5.02 Å². The summed E-state index contributed by atoms with van der Waals surface area (Å²) in [6.07, 6.45) is 0. The molecule has 112 valence electrons. The molecule has 0 spiro atoms. The normalized spacial score (nSPS) is 12.2. The molecule has 21 heavy (non-hydrogen) atoms. The molecule has 0 amide bonds. The summed E-state index contributed by atoms with van der Waals surface area (Å²) >= 11 is 8.06. The Kier molecular flexibility index (Phi) is 5.97. The highest BCUT2D eigenvalue weighted by molar-refractivity contribution is 7.99. The molecule has 0 saturated heterocycles. The summed E-state index contributed by atoms with van der Waals surface area (Å²) < 4.78 is 5.25. The van der Waals surface area contributed by atoms with E-state index in [1.807, 2.05) is 24.3 Å². The van der Waals surface area contributed by atoms with Crippen molar-refractivity contribution in [2.24, 2.45) is 0 Å². The molecule has 0 bridgehead atoms. The minimum atomic E-state index is 0.309. The maximum atomic E-state index is 6.42. The van der Waals surface area contributed by atoms with Crippen molar-refractivity contribution in [1.82, 2.24) is 5.32 Å². The molecule has 0 aliphatic carbocycles. The number of ether oxygens (including phenoxy) is 1. The first-order chi connectivity index (χ1) is 10.1. The van der Waals surface area contributed by atoms with Gasteiger partial charge >= 0.3 is 0 Å². The molecule has 0 aromatic heterocycles. The zero-order valence-electron chi connectivity index (χ0n) is 12.5. The summed E-state index contributed by atoms with van der Waals surface area (Å²) in [5, 5.41) is 4.17. The van der Waals surface area contributed by atoms with E-state index in [2.05, 4.69) is 37.4 Å². The van der Waals surface area contributed by atoms with Gasteiger partial charge < -0.3 is 10.1 Å². The van der Waals surface area contributed by atoms with Crippen LogP contribution in [0.25, 0.3) is 0 Å². The molecule has 0 fully saturated rings. The van der Waals surface area contributed by atoms with E-state index in [0.29, 0.717) is 6.04 Å². The van der Waals surface area contributed by atoms with Crippen LogP contribution in [-0.4, -0.2) is 13.7 Å². The van der Waals surface area contributed by atoms with Crippen molar-refractivity contribution >= 4 is 23.4 Å². The van der Waals surface area contributed by atoms with Crippen molar-refractivity contribution in [2.75, 3.05) is 13.7 Å². The van der Waals surface area contributed by atoms with Gasteiger partial charge in [0.15, 0.2) is 0 Å². The number of halogens is 1. The van der Waals surface area contributed by atoms with Gasteiger partial charge in [0, 0.05) is 15.8 Å². The van der Waals surface area contributed by atoms with E-state index < -0.39 is 0 Å². The van der Waals surface area contributed by atoms with E-state index in [0.717, 1.165) is 27.1 Å². The van der Waals surface area contributed by atoms with Gasteiger partial charge in [0.2, 0.25) is 0 Å². The number of hydrogen-bond donors (Lipinski definition) is 1. The van der Waals surface area contributed by atoms with Crippen LogP contribution < -0.4 is 10.1 Å². The average molecular weight is 322 g/mol. The zero-order chi connectivity index (χ0) is 15.2. The van der Waals surface area contributed by atoms with Crippen molar-refractivity contribution in [2.45, 2.75) is 29.7 Å². The van der Waals surface area contributed by atoms with Crippen molar-refractivity contribution in [3.63, 3.8) is 0 Å². The molecule has 0 radical (unpaired) electrons. The Morgan fingerprint density at radius 2 is 2.05 bits per heavy atom. The second kappa shape index (κ2) is 7.74. The maximum Gasteiger partial charge on any atom is 0.119 e. The Balaban J connectivity index is 2.17. The van der Waals surface area contributed by atoms with Crippen LogP contribution >= 0.6 is 23.4 Å². The molecule has 4 heteroatoms. The standard InChI is InChI=1S/C17H20ClNOS/c1-4-19-12(2)13-8-9-17(16(18)10-13)21-15-7-5-6-14(11-15)20-3/h5-12,19H,4H2,1-3H3. The summed E-state index contributed by atoms with van der Waals surface area (Å²) in [6, 6.07) is 14.5. The fourth-order valence-corrected chi connectivity index (χ4v) is 3.26. The van der Waals surface area contributed by atoms with E-state index in [1.54, 1.807) is 18.9 Å². The largest absolute Gasteiger partial charge is 0.497 e. The lowest BCUT2D eigenvalue weighted by atomic mass is 10.1. The van der Waals surface area contributed by atoms with Crippen LogP contribution in [-0.2, 0) is 0 Å². The van der Waals surface area contributed by atoms with Gasteiger partial charge in [-0.1, -0.05) is 42.4 Å². The van der Waals surface area contributed by atoms with Crippen molar-refractivity contribution in [3.8, 4) is 5.75 Å². The average Bonchev–Trinajstić information content (AvgIpc) is 2.49.